The summed E-state index contributed by atoms with van der Waals surface area (Å²) in [6, 6.07) is 0. The van der Waals surface area contributed by atoms with E-state index in [9.17, 15) is 18.0 Å². The summed E-state index contributed by atoms with van der Waals surface area (Å²) in [5, 5.41) is 1.86. The molecule has 0 aliphatic rings. The van der Waals surface area contributed by atoms with Gasteiger partial charge in [-0.05, 0) is 32.2 Å². The Kier molecular flexibility index (Phi) is 22.1. The highest BCUT2D eigenvalue weighted by Crippen LogP contribution is 2.19. The fourth-order valence-electron chi connectivity index (χ4n) is 0.937. The zero-order valence-electron chi connectivity index (χ0n) is 10.6. The quantitative estimate of drug-likeness (QED) is 0.421. The lowest BCUT2D eigenvalue weighted by atomic mass is 10.1. The summed E-state index contributed by atoms with van der Waals surface area (Å²) in [6.45, 7) is 0.825. The number of nitrogens with two attached hydrogens (primary N) is 1. The van der Waals surface area contributed by atoms with Crippen LogP contribution in [0.5, 0.6) is 0 Å². The average molecular weight is 479 g/mol. The number of alkyl halides is 5. The van der Waals surface area contributed by atoms with Crippen molar-refractivity contribution in [1.82, 2.24) is 0 Å². The Morgan fingerprint density at radius 3 is 1.74 bits per heavy atom. The first kappa shape index (κ1) is 24.9. The van der Waals surface area contributed by atoms with E-state index in [0.29, 0.717) is 12.8 Å². The van der Waals surface area contributed by atoms with Gasteiger partial charge in [0, 0.05) is 17.1 Å². The lowest BCUT2D eigenvalue weighted by molar-refractivity contribution is -0.171. The number of ketones is 1. The Balaban J connectivity index is -0.000000313. The van der Waals surface area contributed by atoms with Gasteiger partial charge in [0.25, 0.3) is 0 Å². The molecule has 0 saturated heterocycles. The molecule has 0 unspecified atom stereocenters. The highest BCUT2D eigenvalue weighted by molar-refractivity contribution is 9.09. The molecule has 8 heteroatoms. The maximum Gasteiger partial charge on any atom is 0.449 e. The van der Waals surface area contributed by atoms with Gasteiger partial charge in [-0.3, -0.25) is 4.79 Å². The van der Waals surface area contributed by atoms with Gasteiger partial charge in [-0.2, -0.15) is 13.2 Å². The third kappa shape index (κ3) is 21.3. The molecule has 0 spiro atoms. The molecule has 2 N–H and O–H groups in total. The second-order valence-electron chi connectivity index (χ2n) is 3.61. The Morgan fingerprint density at radius 2 is 1.42 bits per heavy atom. The number of hydrogen-bond acceptors (Lipinski definition) is 2. The van der Waals surface area contributed by atoms with Gasteiger partial charge in [0.15, 0.2) is 0 Å². The number of unbranched alkanes of at least 4 members (excludes halogenated alkanes) is 3. The zero-order valence-corrected chi connectivity index (χ0v) is 15.4. The first-order valence-corrected chi connectivity index (χ1v) is 8.06. The summed E-state index contributed by atoms with van der Waals surface area (Å²) in [7, 11) is 0. The van der Waals surface area contributed by atoms with E-state index in [1.165, 1.54) is 6.42 Å². The molecule has 0 heterocycles. The van der Waals surface area contributed by atoms with Crippen LogP contribution in [0.15, 0.2) is 0 Å². The smallest absolute Gasteiger partial charge is 0.449 e. The normalized spacial score (nSPS) is 10.2. The lowest BCUT2D eigenvalue weighted by Crippen LogP contribution is -3.00. The number of hydrogen-bond donors (Lipinski definition) is 1. The molecule has 0 amide bonds. The van der Waals surface area contributed by atoms with Crippen molar-refractivity contribution in [3.63, 3.8) is 0 Å². The summed E-state index contributed by atoms with van der Waals surface area (Å²) in [5.41, 5.74) is 5.19. The van der Waals surface area contributed by atoms with Gasteiger partial charge in [0.05, 0.1) is 0 Å². The van der Waals surface area contributed by atoms with Crippen molar-refractivity contribution in [2.75, 3.05) is 17.2 Å². The summed E-state index contributed by atoms with van der Waals surface area (Å²) < 4.78 is 34.8. The number of rotatable bonds is 8. The van der Waals surface area contributed by atoms with Crippen LogP contribution in [0, 0.1) is 0 Å². The van der Waals surface area contributed by atoms with Gasteiger partial charge >= 0.3 is 6.18 Å². The Bertz CT molecular complexity index is 200. The second kappa shape index (κ2) is 16.9. The Morgan fingerprint density at radius 1 is 0.947 bits per heavy atom. The highest BCUT2D eigenvalue weighted by atomic mass is 79.9. The molecule has 0 aliphatic carbocycles. The van der Waals surface area contributed by atoms with Crippen molar-refractivity contribution in [3.8, 4) is 0 Å². The van der Waals surface area contributed by atoms with E-state index in [-0.39, 0.29) is 23.4 Å². The van der Waals surface area contributed by atoms with Crippen LogP contribution in [0.25, 0.3) is 0 Å². The summed E-state index contributed by atoms with van der Waals surface area (Å²) in [4.78, 5) is 10.3. The van der Waals surface area contributed by atoms with Crippen LogP contribution >= 0.6 is 31.9 Å². The molecular weight excluding hydrogens is 459 g/mol. The minimum absolute atomic E-state index is 0. The van der Waals surface area contributed by atoms with E-state index in [4.69, 9.17) is 5.73 Å². The van der Waals surface area contributed by atoms with E-state index < -0.39 is 12.0 Å². The number of Topliss-reactive ketones (excluding diaryl/α,β-unsaturated/α-hetero) is 1. The molecule has 0 rings (SSSR count). The molecule has 0 fully saturated rings. The van der Waals surface area contributed by atoms with Crippen molar-refractivity contribution >= 4 is 37.6 Å². The Labute approximate surface area is 140 Å². The van der Waals surface area contributed by atoms with Crippen LogP contribution in [0.3, 0.4) is 0 Å². The van der Waals surface area contributed by atoms with Crippen LogP contribution in [-0.4, -0.2) is 29.2 Å². The minimum atomic E-state index is -4.64. The SMILES string of the molecule is NCCCCBr.O=C(CCCCCBr)C(F)(F)F.[Br-]. The first-order chi connectivity index (χ1) is 8.40. The van der Waals surface area contributed by atoms with E-state index in [0.717, 1.165) is 30.0 Å². The molecule has 19 heavy (non-hydrogen) atoms. The predicted molar refractivity (Wildman–Crippen MR) is 75.4 cm³/mol. The van der Waals surface area contributed by atoms with E-state index >= 15 is 0 Å². The molecule has 0 radical (unpaired) electrons. The summed E-state index contributed by atoms with van der Waals surface area (Å²) in [6.07, 6.45) is -0.880. The molecule has 0 bridgehead atoms. The first-order valence-electron chi connectivity index (χ1n) is 5.82. The molecule has 0 aromatic carbocycles. The Hall–Kier alpha value is 0.860. The third-order valence-electron chi connectivity index (χ3n) is 1.94. The molecule has 0 atom stereocenters. The van der Waals surface area contributed by atoms with Crippen molar-refractivity contribution in [2.45, 2.75) is 44.7 Å². The third-order valence-corrected chi connectivity index (χ3v) is 3.06. The molecule has 118 valence electrons. The summed E-state index contributed by atoms with van der Waals surface area (Å²) >= 11 is 6.44. The van der Waals surface area contributed by atoms with E-state index in [1.807, 2.05) is 0 Å². The molecule has 0 aliphatic heterocycles. The standard InChI is InChI=1S/C7H10BrF3O.C4H10BrN.BrH/c8-5-3-1-2-4-6(12)7(9,10)11;5-3-1-2-4-6;/h1-5H2;1-4,6H2;1H/p-1. The van der Waals surface area contributed by atoms with Gasteiger partial charge < -0.3 is 22.7 Å². The van der Waals surface area contributed by atoms with Crippen LogP contribution in [0.4, 0.5) is 13.2 Å². The van der Waals surface area contributed by atoms with Crippen LogP contribution in [0.2, 0.25) is 0 Å². The van der Waals surface area contributed by atoms with E-state index in [2.05, 4.69) is 31.9 Å². The largest absolute Gasteiger partial charge is 1.00 e. The maximum atomic E-state index is 11.6. The molecule has 2 nitrogen and oxygen atoms in total. The maximum absolute atomic E-state index is 11.6. The van der Waals surface area contributed by atoms with Gasteiger partial charge in [-0.15, -0.1) is 0 Å². The second-order valence-corrected chi connectivity index (χ2v) is 5.19. The number of carbonyl (C=O) groups excluding carboxylic acids is 1. The van der Waals surface area contributed by atoms with Gasteiger partial charge in [-0.1, -0.05) is 38.3 Å². The zero-order chi connectivity index (χ0) is 14.4. The molecule has 0 aromatic rings. The van der Waals surface area contributed by atoms with E-state index in [1.54, 1.807) is 0 Å². The van der Waals surface area contributed by atoms with Gasteiger partial charge in [-0.25, -0.2) is 0 Å². The van der Waals surface area contributed by atoms with Crippen LogP contribution in [-0.2, 0) is 4.79 Å². The number of halogens is 6. The monoisotopic (exact) mass is 476 g/mol. The fraction of sp³-hybridized carbons (Fsp3) is 0.909. The fourth-order valence-corrected chi connectivity index (χ4v) is 1.73. The average Bonchev–Trinajstić information content (AvgIpc) is 2.31. The van der Waals surface area contributed by atoms with Crippen molar-refractivity contribution in [2.24, 2.45) is 5.73 Å². The predicted octanol–water partition coefficient (Wildman–Crippen LogP) is 1.20. The van der Waals surface area contributed by atoms with Crippen LogP contribution in [0.1, 0.15) is 38.5 Å². The lowest BCUT2D eigenvalue weighted by Gasteiger charge is -2.03. The van der Waals surface area contributed by atoms with Crippen LogP contribution < -0.4 is 22.7 Å². The summed E-state index contributed by atoms with van der Waals surface area (Å²) in [5.74, 6) is -1.61. The molecular formula is C11H20Br3F3NO-. The van der Waals surface area contributed by atoms with Gasteiger partial charge in [0.2, 0.25) is 5.78 Å². The number of carbonyl (C=O) groups is 1. The topological polar surface area (TPSA) is 43.1 Å². The molecule has 0 aromatic heterocycles. The van der Waals surface area contributed by atoms with Crippen molar-refractivity contribution in [1.29, 1.82) is 0 Å². The van der Waals surface area contributed by atoms with Gasteiger partial charge in [0.1, 0.15) is 0 Å². The van der Waals surface area contributed by atoms with Crippen molar-refractivity contribution < 1.29 is 34.9 Å². The highest BCUT2D eigenvalue weighted by Gasteiger charge is 2.36. The van der Waals surface area contributed by atoms with Crippen molar-refractivity contribution in [3.05, 3.63) is 0 Å². The molecule has 0 saturated carbocycles. The minimum Gasteiger partial charge on any atom is -1.00 e.